The molecule has 2 aliphatic rings. The average molecular weight is 482 g/mol. The number of carbonyl (C=O) groups excluding carboxylic acids is 2. The highest BCUT2D eigenvalue weighted by atomic mass is 35.5. The summed E-state index contributed by atoms with van der Waals surface area (Å²) in [5.41, 5.74) is 1.74. The van der Waals surface area contributed by atoms with E-state index >= 15 is 0 Å². The van der Waals surface area contributed by atoms with Gasteiger partial charge < -0.3 is 10.2 Å². The first kappa shape index (κ1) is 22.1. The van der Waals surface area contributed by atoms with Gasteiger partial charge in [0.05, 0.1) is 33.1 Å². The molecule has 0 aromatic heterocycles. The molecule has 1 N–H and O–H groups in total. The lowest BCUT2D eigenvalue weighted by Crippen LogP contribution is -2.50. The molecule has 1 fully saturated rings. The van der Waals surface area contributed by atoms with E-state index in [0.717, 1.165) is 0 Å². The summed E-state index contributed by atoms with van der Waals surface area (Å²) in [7, 11) is -3.65. The summed E-state index contributed by atoms with van der Waals surface area (Å²) >= 11 is 11.9. The van der Waals surface area contributed by atoms with Crippen molar-refractivity contribution in [2.45, 2.75) is 18.6 Å². The quantitative estimate of drug-likeness (QED) is 0.723. The number of anilines is 2. The number of sulfonamides is 1. The molecule has 2 aliphatic heterocycles. The first-order valence-electron chi connectivity index (χ1n) is 9.86. The van der Waals surface area contributed by atoms with Crippen LogP contribution in [0.3, 0.4) is 0 Å². The smallest absolute Gasteiger partial charge is 0.244 e. The van der Waals surface area contributed by atoms with Crippen molar-refractivity contribution < 1.29 is 18.0 Å². The standard InChI is InChI=1S/C21H21Cl2N3O4S/c22-16-8-7-14(10-17(16)23)13-31(29,30)25-9-3-4-15(11-25)21(28)26-12-20(27)24-18-5-1-2-6-19(18)26/h1-2,5-8,10,15H,3-4,9,11-13H2,(H,24,27)/t15-/m0/s1. The van der Waals surface area contributed by atoms with Crippen LogP contribution in [0.4, 0.5) is 11.4 Å². The molecule has 2 aromatic carbocycles. The van der Waals surface area contributed by atoms with Gasteiger partial charge in [0.15, 0.2) is 0 Å². The van der Waals surface area contributed by atoms with Gasteiger partial charge in [0.25, 0.3) is 0 Å². The van der Waals surface area contributed by atoms with Gasteiger partial charge >= 0.3 is 0 Å². The average Bonchev–Trinajstić information content (AvgIpc) is 2.75. The number of fused-ring (bicyclic) bond motifs is 1. The number of hydrogen-bond acceptors (Lipinski definition) is 4. The number of rotatable bonds is 4. The van der Waals surface area contributed by atoms with Crippen LogP contribution in [-0.4, -0.2) is 44.2 Å². The lowest BCUT2D eigenvalue weighted by molar-refractivity contribution is -0.125. The Bertz CT molecular complexity index is 1140. The van der Waals surface area contributed by atoms with Gasteiger partial charge in [-0.05, 0) is 42.7 Å². The van der Waals surface area contributed by atoms with Crippen molar-refractivity contribution in [1.82, 2.24) is 4.31 Å². The van der Waals surface area contributed by atoms with Crippen molar-refractivity contribution in [3.63, 3.8) is 0 Å². The maximum atomic E-state index is 13.3. The van der Waals surface area contributed by atoms with Crippen molar-refractivity contribution in [3.05, 3.63) is 58.1 Å². The van der Waals surface area contributed by atoms with Crippen LogP contribution in [-0.2, 0) is 25.4 Å². The number of benzene rings is 2. The zero-order valence-electron chi connectivity index (χ0n) is 16.6. The normalized spacial score (nSPS) is 19.6. The molecule has 0 aliphatic carbocycles. The molecule has 0 bridgehead atoms. The van der Waals surface area contributed by atoms with Gasteiger partial charge in [-0.3, -0.25) is 9.59 Å². The van der Waals surface area contributed by atoms with Gasteiger partial charge in [-0.2, -0.15) is 0 Å². The molecule has 1 atom stereocenters. The lowest BCUT2D eigenvalue weighted by Gasteiger charge is -2.36. The van der Waals surface area contributed by atoms with Gasteiger partial charge in [0.1, 0.15) is 6.54 Å². The monoisotopic (exact) mass is 481 g/mol. The molecule has 4 rings (SSSR count). The lowest BCUT2D eigenvalue weighted by atomic mass is 9.97. The summed E-state index contributed by atoms with van der Waals surface area (Å²) < 4.78 is 27.4. The third-order valence-corrected chi connectivity index (χ3v) is 8.05. The fraction of sp³-hybridized carbons (Fsp3) is 0.333. The third-order valence-electron chi connectivity index (χ3n) is 5.50. The number of nitrogens with one attached hydrogen (secondary N) is 1. The van der Waals surface area contributed by atoms with Crippen molar-refractivity contribution in [1.29, 1.82) is 0 Å². The summed E-state index contributed by atoms with van der Waals surface area (Å²) in [5, 5.41) is 3.41. The summed E-state index contributed by atoms with van der Waals surface area (Å²) in [6, 6.07) is 11.8. The number of hydrogen-bond donors (Lipinski definition) is 1. The zero-order valence-corrected chi connectivity index (χ0v) is 18.9. The van der Waals surface area contributed by atoms with E-state index in [1.807, 2.05) is 0 Å². The summed E-state index contributed by atoms with van der Waals surface area (Å²) in [6.45, 7) is 0.357. The molecule has 164 valence electrons. The first-order chi connectivity index (χ1) is 14.7. The molecular weight excluding hydrogens is 461 g/mol. The third kappa shape index (κ3) is 4.72. The Kier molecular flexibility index (Phi) is 6.25. The van der Waals surface area contributed by atoms with E-state index < -0.39 is 15.9 Å². The molecule has 2 amide bonds. The number of para-hydroxylation sites is 2. The van der Waals surface area contributed by atoms with Crippen LogP contribution in [0.25, 0.3) is 0 Å². The number of nitrogens with zero attached hydrogens (tertiary/aromatic N) is 2. The van der Waals surface area contributed by atoms with E-state index in [2.05, 4.69) is 5.32 Å². The van der Waals surface area contributed by atoms with Crippen molar-refractivity contribution >= 4 is 56.4 Å². The molecule has 0 radical (unpaired) electrons. The highest BCUT2D eigenvalue weighted by Crippen LogP contribution is 2.32. The highest BCUT2D eigenvalue weighted by molar-refractivity contribution is 7.88. The van der Waals surface area contributed by atoms with E-state index in [9.17, 15) is 18.0 Å². The van der Waals surface area contributed by atoms with Gasteiger partial charge in [0, 0.05) is 13.1 Å². The van der Waals surface area contributed by atoms with Crippen molar-refractivity contribution in [3.8, 4) is 0 Å². The summed E-state index contributed by atoms with van der Waals surface area (Å²) in [4.78, 5) is 26.8. The van der Waals surface area contributed by atoms with Crippen LogP contribution in [0.5, 0.6) is 0 Å². The van der Waals surface area contributed by atoms with Crippen LogP contribution in [0, 0.1) is 5.92 Å². The van der Waals surface area contributed by atoms with Crippen LogP contribution in [0.2, 0.25) is 10.0 Å². The Labute approximate surface area is 191 Å². The number of halogens is 2. The molecule has 10 heteroatoms. The summed E-state index contributed by atoms with van der Waals surface area (Å²) in [5.74, 6) is -1.25. The molecular formula is C21H21Cl2N3O4S. The molecule has 0 unspecified atom stereocenters. The SMILES string of the molecule is O=C1CN(C(=O)[C@H]2CCCN(S(=O)(=O)Cc3ccc(Cl)c(Cl)c3)C2)c2ccccc2N1. The molecule has 1 saturated heterocycles. The largest absolute Gasteiger partial charge is 0.323 e. The highest BCUT2D eigenvalue weighted by Gasteiger charge is 2.37. The molecule has 2 heterocycles. The second kappa shape index (κ2) is 8.78. The van der Waals surface area contributed by atoms with Gasteiger partial charge in [-0.25, -0.2) is 12.7 Å². The minimum atomic E-state index is -3.65. The van der Waals surface area contributed by atoms with Crippen LogP contribution in [0.1, 0.15) is 18.4 Å². The topological polar surface area (TPSA) is 86.8 Å². The van der Waals surface area contributed by atoms with Crippen molar-refractivity contribution in [2.75, 3.05) is 29.9 Å². The zero-order chi connectivity index (χ0) is 22.2. The molecule has 0 saturated carbocycles. The molecule has 0 spiro atoms. The second-order valence-corrected chi connectivity index (χ2v) is 10.5. The number of carbonyl (C=O) groups is 2. The van der Waals surface area contributed by atoms with Crippen LogP contribution >= 0.6 is 23.2 Å². The van der Waals surface area contributed by atoms with Gasteiger partial charge in [-0.1, -0.05) is 41.4 Å². The Morgan fingerprint density at radius 3 is 2.68 bits per heavy atom. The fourth-order valence-electron chi connectivity index (χ4n) is 3.98. The maximum absolute atomic E-state index is 13.3. The van der Waals surface area contributed by atoms with Crippen LogP contribution in [0.15, 0.2) is 42.5 Å². The Balaban J connectivity index is 1.51. The number of piperidine rings is 1. The Hall–Kier alpha value is -2.13. The van der Waals surface area contributed by atoms with Gasteiger partial charge in [0.2, 0.25) is 21.8 Å². The van der Waals surface area contributed by atoms with Crippen LogP contribution < -0.4 is 10.2 Å². The molecule has 31 heavy (non-hydrogen) atoms. The molecule has 2 aromatic rings. The first-order valence-corrected chi connectivity index (χ1v) is 12.2. The number of amides is 2. The molecule has 7 nitrogen and oxygen atoms in total. The fourth-order valence-corrected chi connectivity index (χ4v) is 5.90. The second-order valence-electron chi connectivity index (χ2n) is 7.69. The maximum Gasteiger partial charge on any atom is 0.244 e. The minimum absolute atomic E-state index is 0.0810. The van der Waals surface area contributed by atoms with E-state index in [1.54, 1.807) is 36.4 Å². The Morgan fingerprint density at radius 1 is 1.13 bits per heavy atom. The Morgan fingerprint density at radius 2 is 1.90 bits per heavy atom. The van der Waals surface area contributed by atoms with E-state index in [1.165, 1.54) is 15.3 Å². The minimum Gasteiger partial charge on any atom is -0.323 e. The summed E-state index contributed by atoms with van der Waals surface area (Å²) in [6.07, 6.45) is 1.14. The van der Waals surface area contributed by atoms with E-state index in [0.29, 0.717) is 46.4 Å². The predicted octanol–water partition coefficient (Wildman–Crippen LogP) is 3.52. The predicted molar refractivity (Wildman–Crippen MR) is 121 cm³/mol. The van der Waals surface area contributed by atoms with Gasteiger partial charge in [-0.15, -0.1) is 0 Å². The van der Waals surface area contributed by atoms with Crippen molar-refractivity contribution in [2.24, 2.45) is 5.92 Å². The van der Waals surface area contributed by atoms with E-state index in [-0.39, 0.29) is 30.7 Å². The van der Waals surface area contributed by atoms with E-state index in [4.69, 9.17) is 23.2 Å².